The molecule has 0 radical (unpaired) electrons. The number of benzene rings is 2. The van der Waals surface area contributed by atoms with Crippen LogP contribution in [0.3, 0.4) is 0 Å². The van der Waals surface area contributed by atoms with Crippen LogP contribution in [-0.4, -0.2) is 40.6 Å². The molecule has 0 saturated carbocycles. The van der Waals surface area contributed by atoms with Crippen LogP contribution in [0.5, 0.6) is 17.2 Å². The average Bonchev–Trinajstić information content (AvgIpc) is 3.13. The topological polar surface area (TPSA) is 87.5 Å². The van der Waals surface area contributed by atoms with Crippen LogP contribution >= 0.6 is 23.4 Å². The van der Waals surface area contributed by atoms with Crippen molar-refractivity contribution in [2.24, 2.45) is 7.05 Å². The van der Waals surface area contributed by atoms with Crippen LogP contribution in [0.15, 0.2) is 47.6 Å². The maximum atomic E-state index is 12.4. The molecule has 3 rings (SSSR count). The van der Waals surface area contributed by atoms with Gasteiger partial charge in [0.15, 0.2) is 28.6 Å². The summed E-state index contributed by atoms with van der Waals surface area (Å²) in [4.78, 5) is 12.4. The molecule has 0 aliphatic rings. The van der Waals surface area contributed by atoms with Crippen molar-refractivity contribution in [3.63, 3.8) is 0 Å². The van der Waals surface area contributed by atoms with E-state index in [1.165, 1.54) is 18.9 Å². The molecule has 0 spiro atoms. The van der Waals surface area contributed by atoms with Gasteiger partial charge in [-0.1, -0.05) is 35.5 Å². The zero-order valence-corrected chi connectivity index (χ0v) is 19.2. The summed E-state index contributed by atoms with van der Waals surface area (Å²) in [5.74, 6) is 2.34. The first kappa shape index (κ1) is 22.8. The van der Waals surface area contributed by atoms with Crippen molar-refractivity contribution < 1.29 is 19.0 Å². The van der Waals surface area contributed by atoms with Gasteiger partial charge in [-0.2, -0.15) is 0 Å². The first-order valence-electron chi connectivity index (χ1n) is 9.38. The molecule has 1 heterocycles. The third-order valence-corrected chi connectivity index (χ3v) is 5.63. The molecule has 0 saturated heterocycles. The van der Waals surface area contributed by atoms with Gasteiger partial charge in [0.05, 0.1) is 25.7 Å². The molecule has 2 aromatic carbocycles. The Balaban J connectivity index is 1.62. The molecule has 164 valence electrons. The Bertz CT molecular complexity index is 1060. The third-order valence-electron chi connectivity index (χ3n) is 4.37. The summed E-state index contributed by atoms with van der Waals surface area (Å²) in [6.07, 6.45) is -0.368. The molecule has 3 aromatic rings. The molecule has 1 N–H and O–H groups in total. The van der Waals surface area contributed by atoms with Crippen molar-refractivity contribution in [1.82, 2.24) is 14.8 Å². The van der Waals surface area contributed by atoms with Gasteiger partial charge in [0.1, 0.15) is 5.75 Å². The largest absolute Gasteiger partial charge is 0.495 e. The molecule has 0 bridgehead atoms. The van der Waals surface area contributed by atoms with Gasteiger partial charge in [0, 0.05) is 12.1 Å². The molecule has 1 aromatic heterocycles. The van der Waals surface area contributed by atoms with Gasteiger partial charge in [-0.15, -0.1) is 10.2 Å². The van der Waals surface area contributed by atoms with Crippen LogP contribution in [0.4, 0.5) is 5.69 Å². The number of hydrogen-bond donors (Lipinski definition) is 1. The molecule has 1 unspecified atom stereocenters. The lowest BCUT2D eigenvalue weighted by Gasteiger charge is -2.16. The number of rotatable bonds is 9. The number of methoxy groups -OCH3 is 2. The fourth-order valence-electron chi connectivity index (χ4n) is 2.86. The van der Waals surface area contributed by atoms with Gasteiger partial charge >= 0.3 is 0 Å². The first-order valence-corrected chi connectivity index (χ1v) is 10.7. The Morgan fingerprint density at radius 1 is 1.13 bits per heavy atom. The van der Waals surface area contributed by atoms with Crippen LogP contribution in [0, 0.1) is 0 Å². The normalized spacial score (nSPS) is 11.6. The van der Waals surface area contributed by atoms with Crippen molar-refractivity contribution in [3.8, 4) is 17.2 Å². The number of carbonyl (C=O) groups excluding carboxylic acids is 1. The van der Waals surface area contributed by atoms with E-state index in [-0.39, 0.29) is 17.8 Å². The van der Waals surface area contributed by atoms with Crippen LogP contribution < -0.4 is 19.5 Å². The molecular formula is C21H23ClN4O4S. The highest BCUT2D eigenvalue weighted by molar-refractivity contribution is 7.99. The van der Waals surface area contributed by atoms with Gasteiger partial charge in [-0.05, 0) is 37.3 Å². The number of para-hydroxylation sites is 2. The number of nitrogens with one attached hydrogen (secondary N) is 1. The standard InChI is InChI=1S/C21H23ClN4O4S/c1-13(30-18-8-6-5-7-17(18)29-4)20-24-25-21(26(20)2)31-12-19(27)23-15-11-14(22)9-10-16(15)28-3/h5-11,13H,12H2,1-4H3,(H,23,27). The molecular weight excluding hydrogens is 440 g/mol. The molecule has 1 atom stereocenters. The quantitative estimate of drug-likeness (QED) is 0.473. The van der Waals surface area contributed by atoms with E-state index < -0.39 is 0 Å². The predicted molar refractivity (Wildman–Crippen MR) is 120 cm³/mol. The van der Waals surface area contributed by atoms with E-state index in [2.05, 4.69) is 15.5 Å². The number of ether oxygens (including phenoxy) is 3. The molecule has 0 aliphatic carbocycles. The van der Waals surface area contributed by atoms with Gasteiger partial charge < -0.3 is 24.1 Å². The van der Waals surface area contributed by atoms with E-state index in [4.69, 9.17) is 25.8 Å². The summed E-state index contributed by atoms with van der Waals surface area (Å²) in [6, 6.07) is 12.4. The zero-order valence-electron chi connectivity index (χ0n) is 17.6. The number of amides is 1. The van der Waals surface area contributed by atoms with Gasteiger partial charge in [-0.3, -0.25) is 4.79 Å². The van der Waals surface area contributed by atoms with Crippen LogP contribution in [0.1, 0.15) is 18.9 Å². The highest BCUT2D eigenvalue weighted by Gasteiger charge is 2.19. The average molecular weight is 463 g/mol. The monoisotopic (exact) mass is 462 g/mol. The summed E-state index contributed by atoms with van der Waals surface area (Å²) in [5, 5.41) is 12.3. The number of anilines is 1. The van der Waals surface area contributed by atoms with Crippen molar-refractivity contribution in [2.45, 2.75) is 18.2 Å². The van der Waals surface area contributed by atoms with Crippen LogP contribution in [0.25, 0.3) is 0 Å². The fourth-order valence-corrected chi connectivity index (χ4v) is 3.75. The first-order chi connectivity index (χ1) is 14.9. The summed E-state index contributed by atoms with van der Waals surface area (Å²) in [7, 11) is 4.95. The second kappa shape index (κ2) is 10.4. The Hall–Kier alpha value is -2.91. The number of aromatic nitrogens is 3. The van der Waals surface area contributed by atoms with Crippen molar-refractivity contribution in [1.29, 1.82) is 0 Å². The van der Waals surface area contributed by atoms with Crippen molar-refractivity contribution >= 4 is 35.0 Å². The number of carbonyl (C=O) groups is 1. The van der Waals surface area contributed by atoms with Crippen molar-refractivity contribution in [3.05, 3.63) is 53.3 Å². The van der Waals surface area contributed by atoms with Gasteiger partial charge in [0.25, 0.3) is 0 Å². The highest BCUT2D eigenvalue weighted by Crippen LogP contribution is 2.31. The highest BCUT2D eigenvalue weighted by atomic mass is 35.5. The maximum absolute atomic E-state index is 12.4. The SMILES string of the molecule is COc1ccc(Cl)cc1NC(=O)CSc1nnc(C(C)Oc2ccccc2OC)n1C. The minimum absolute atomic E-state index is 0.142. The number of hydrogen-bond acceptors (Lipinski definition) is 7. The molecule has 31 heavy (non-hydrogen) atoms. The van der Waals surface area contributed by atoms with Gasteiger partial charge in [0.2, 0.25) is 5.91 Å². The molecule has 0 fully saturated rings. The van der Waals surface area contributed by atoms with Crippen molar-refractivity contribution in [2.75, 3.05) is 25.3 Å². The van der Waals surface area contributed by atoms with Crippen LogP contribution in [-0.2, 0) is 11.8 Å². The van der Waals surface area contributed by atoms with E-state index in [1.54, 1.807) is 29.9 Å². The lowest BCUT2D eigenvalue weighted by Crippen LogP contribution is -2.15. The Morgan fingerprint density at radius 2 is 1.84 bits per heavy atom. The Kier molecular flexibility index (Phi) is 7.64. The maximum Gasteiger partial charge on any atom is 0.234 e. The third kappa shape index (κ3) is 5.62. The molecule has 10 heteroatoms. The second-order valence-corrected chi connectivity index (χ2v) is 7.87. The smallest absolute Gasteiger partial charge is 0.234 e. The second-order valence-electron chi connectivity index (χ2n) is 6.49. The number of nitrogens with zero attached hydrogens (tertiary/aromatic N) is 3. The summed E-state index contributed by atoms with van der Waals surface area (Å²) in [6.45, 7) is 1.88. The van der Waals surface area contributed by atoms with E-state index in [1.807, 2.05) is 38.2 Å². The van der Waals surface area contributed by atoms with Gasteiger partial charge in [-0.25, -0.2) is 0 Å². The Labute approximate surface area is 189 Å². The van der Waals surface area contributed by atoms with E-state index in [9.17, 15) is 4.79 Å². The van der Waals surface area contributed by atoms with E-state index >= 15 is 0 Å². The lowest BCUT2D eigenvalue weighted by atomic mass is 10.3. The van der Waals surface area contributed by atoms with Crippen LogP contribution in [0.2, 0.25) is 5.02 Å². The fraction of sp³-hybridized carbons (Fsp3) is 0.286. The number of halogens is 1. The van der Waals surface area contributed by atoms with E-state index in [0.29, 0.717) is 38.9 Å². The zero-order chi connectivity index (χ0) is 22.4. The number of thioether (sulfide) groups is 1. The Morgan fingerprint density at radius 3 is 2.55 bits per heavy atom. The molecule has 0 aliphatic heterocycles. The molecule has 8 nitrogen and oxygen atoms in total. The minimum atomic E-state index is -0.368. The van der Waals surface area contributed by atoms with E-state index in [0.717, 1.165) is 0 Å². The summed E-state index contributed by atoms with van der Waals surface area (Å²) in [5.41, 5.74) is 0.512. The molecule has 1 amide bonds. The minimum Gasteiger partial charge on any atom is -0.495 e. The summed E-state index contributed by atoms with van der Waals surface area (Å²) >= 11 is 7.27. The lowest BCUT2D eigenvalue weighted by molar-refractivity contribution is -0.113. The predicted octanol–water partition coefficient (Wildman–Crippen LogP) is 4.36. The summed E-state index contributed by atoms with van der Waals surface area (Å²) < 4.78 is 18.4.